The number of pyridine rings is 1. The standard InChI is InChI=1S/C27H33N3O4/c1-5-26-16-25(4,31)27(32,24-29-18(3)34-30-24)14-21(26)9-8-19-13-22(10-11-23(19)26)33-15-20-7-6-12-28-17(20)2/h6-7,10-13,21,31-32H,5,8-9,14-16H2,1-4H3/t21-,25-,26-,27-/m1/s1. The molecule has 2 heterocycles. The van der Waals surface area contributed by atoms with Gasteiger partial charge in [0.15, 0.2) is 5.60 Å². The Morgan fingerprint density at radius 3 is 2.74 bits per heavy atom. The van der Waals surface area contributed by atoms with Crippen molar-refractivity contribution in [2.45, 2.75) is 83.0 Å². The van der Waals surface area contributed by atoms with Gasteiger partial charge in [-0.25, -0.2) is 0 Å². The lowest BCUT2D eigenvalue weighted by Gasteiger charge is -2.57. The summed E-state index contributed by atoms with van der Waals surface area (Å²) in [5.74, 6) is 1.60. The first-order valence-corrected chi connectivity index (χ1v) is 12.1. The number of benzene rings is 1. The minimum absolute atomic E-state index is 0.181. The fourth-order valence-electron chi connectivity index (χ4n) is 6.29. The van der Waals surface area contributed by atoms with Crippen molar-refractivity contribution in [2.24, 2.45) is 5.92 Å². The summed E-state index contributed by atoms with van der Waals surface area (Å²) < 4.78 is 11.3. The van der Waals surface area contributed by atoms with Crippen LogP contribution in [0.25, 0.3) is 0 Å². The Morgan fingerprint density at radius 2 is 2.03 bits per heavy atom. The summed E-state index contributed by atoms with van der Waals surface area (Å²) in [4.78, 5) is 8.62. The van der Waals surface area contributed by atoms with E-state index in [9.17, 15) is 10.2 Å². The van der Waals surface area contributed by atoms with E-state index in [1.807, 2.05) is 25.1 Å². The van der Waals surface area contributed by atoms with Crippen LogP contribution in [-0.4, -0.2) is 30.9 Å². The van der Waals surface area contributed by atoms with Crippen molar-refractivity contribution in [3.05, 3.63) is 70.6 Å². The van der Waals surface area contributed by atoms with E-state index in [0.717, 1.165) is 36.3 Å². The van der Waals surface area contributed by atoms with Gasteiger partial charge in [0.05, 0.1) is 5.60 Å². The van der Waals surface area contributed by atoms with E-state index < -0.39 is 11.2 Å². The van der Waals surface area contributed by atoms with Gasteiger partial charge in [-0.1, -0.05) is 24.2 Å². The highest BCUT2D eigenvalue weighted by Crippen LogP contribution is 2.59. The first kappa shape index (κ1) is 23.0. The first-order valence-electron chi connectivity index (χ1n) is 12.1. The van der Waals surface area contributed by atoms with E-state index in [0.29, 0.717) is 25.3 Å². The second kappa shape index (κ2) is 8.17. The Kier molecular flexibility index (Phi) is 5.52. The molecule has 2 N–H and O–H groups in total. The van der Waals surface area contributed by atoms with Crippen LogP contribution in [0.3, 0.4) is 0 Å². The molecule has 7 nitrogen and oxygen atoms in total. The Morgan fingerprint density at radius 1 is 1.21 bits per heavy atom. The zero-order valence-electron chi connectivity index (χ0n) is 20.3. The van der Waals surface area contributed by atoms with Crippen LogP contribution in [0.15, 0.2) is 41.1 Å². The van der Waals surface area contributed by atoms with Crippen LogP contribution in [-0.2, 0) is 24.0 Å². The molecule has 2 aliphatic rings. The number of hydrogen-bond acceptors (Lipinski definition) is 7. The summed E-state index contributed by atoms with van der Waals surface area (Å²) in [7, 11) is 0. The molecule has 0 amide bonds. The maximum Gasteiger partial charge on any atom is 0.223 e. The Balaban J connectivity index is 1.45. The lowest BCUT2D eigenvalue weighted by atomic mass is 9.49. The van der Waals surface area contributed by atoms with Crippen molar-refractivity contribution in [2.75, 3.05) is 0 Å². The van der Waals surface area contributed by atoms with Gasteiger partial charge in [-0.05, 0) is 81.2 Å². The predicted octanol–water partition coefficient (Wildman–Crippen LogP) is 4.30. The van der Waals surface area contributed by atoms with Gasteiger partial charge in [-0.15, -0.1) is 0 Å². The monoisotopic (exact) mass is 463 g/mol. The minimum Gasteiger partial charge on any atom is -0.489 e. The molecule has 4 atom stereocenters. The van der Waals surface area contributed by atoms with Crippen LogP contribution in [0, 0.1) is 19.8 Å². The summed E-state index contributed by atoms with van der Waals surface area (Å²) >= 11 is 0. The molecule has 0 saturated heterocycles. The van der Waals surface area contributed by atoms with Crippen LogP contribution in [0.2, 0.25) is 0 Å². The minimum atomic E-state index is -1.55. The molecule has 180 valence electrons. The van der Waals surface area contributed by atoms with Crippen LogP contribution < -0.4 is 4.74 Å². The third-order valence-corrected chi connectivity index (χ3v) is 8.29. The maximum atomic E-state index is 11.7. The summed E-state index contributed by atoms with van der Waals surface area (Å²) in [5.41, 5.74) is 1.37. The fourth-order valence-corrected chi connectivity index (χ4v) is 6.29. The van der Waals surface area contributed by atoms with Gasteiger partial charge in [0.1, 0.15) is 12.4 Å². The highest BCUT2D eigenvalue weighted by Gasteiger charge is 2.62. The Labute approximate surface area is 200 Å². The number of hydrogen-bond donors (Lipinski definition) is 2. The average molecular weight is 464 g/mol. The molecule has 34 heavy (non-hydrogen) atoms. The normalized spacial score (nSPS) is 30.5. The molecule has 0 bridgehead atoms. The van der Waals surface area contributed by atoms with E-state index in [2.05, 4.69) is 34.2 Å². The van der Waals surface area contributed by atoms with Crippen LogP contribution in [0.4, 0.5) is 0 Å². The summed E-state index contributed by atoms with van der Waals surface area (Å²) in [6.45, 7) is 8.04. The number of nitrogens with zero attached hydrogens (tertiary/aromatic N) is 3. The second-order valence-corrected chi connectivity index (χ2v) is 10.3. The van der Waals surface area contributed by atoms with Crippen molar-refractivity contribution < 1.29 is 19.5 Å². The lowest BCUT2D eigenvalue weighted by Crippen LogP contribution is -2.62. The number of aryl methyl sites for hydroxylation is 3. The van der Waals surface area contributed by atoms with Gasteiger partial charge in [0.2, 0.25) is 11.7 Å². The first-order chi connectivity index (χ1) is 16.2. The fraction of sp³-hybridized carbons (Fsp3) is 0.519. The van der Waals surface area contributed by atoms with E-state index in [1.165, 1.54) is 11.1 Å². The number of fused-ring (bicyclic) bond motifs is 3. The molecule has 1 aromatic carbocycles. The number of aliphatic hydroxyl groups is 2. The third kappa shape index (κ3) is 3.53. The average Bonchev–Trinajstić information content (AvgIpc) is 3.26. The zero-order valence-corrected chi connectivity index (χ0v) is 20.3. The van der Waals surface area contributed by atoms with Crippen LogP contribution in [0.5, 0.6) is 5.75 Å². The zero-order chi connectivity index (χ0) is 24.1. The molecule has 2 aliphatic carbocycles. The molecule has 7 heteroatoms. The molecular formula is C27H33N3O4. The predicted molar refractivity (Wildman–Crippen MR) is 126 cm³/mol. The van der Waals surface area contributed by atoms with Gasteiger partial charge in [-0.3, -0.25) is 4.98 Å². The van der Waals surface area contributed by atoms with E-state index in [4.69, 9.17) is 9.26 Å². The lowest BCUT2D eigenvalue weighted by molar-refractivity contribution is -0.209. The quantitative estimate of drug-likeness (QED) is 0.582. The molecule has 2 aromatic heterocycles. The number of rotatable bonds is 5. The molecular weight excluding hydrogens is 430 g/mol. The molecule has 3 aromatic rings. The van der Waals surface area contributed by atoms with Crippen molar-refractivity contribution >= 4 is 0 Å². The topological polar surface area (TPSA) is 102 Å². The summed E-state index contributed by atoms with van der Waals surface area (Å²) in [6.07, 6.45) is 5.29. The van der Waals surface area contributed by atoms with Crippen molar-refractivity contribution in [3.63, 3.8) is 0 Å². The van der Waals surface area contributed by atoms with Crippen LogP contribution in [0.1, 0.15) is 73.6 Å². The molecule has 0 radical (unpaired) electrons. The largest absolute Gasteiger partial charge is 0.489 e. The Hall–Kier alpha value is -2.77. The third-order valence-electron chi connectivity index (χ3n) is 8.29. The van der Waals surface area contributed by atoms with E-state index >= 15 is 0 Å². The SMILES string of the molecule is CC[C@@]12C[C@@](C)(O)[C@](O)(c3noc(C)n3)C[C@H]1CCc1cc(OCc3cccnc3C)ccc12. The molecule has 1 saturated carbocycles. The van der Waals surface area contributed by atoms with Gasteiger partial charge < -0.3 is 19.5 Å². The molecule has 1 fully saturated rings. The van der Waals surface area contributed by atoms with E-state index in [1.54, 1.807) is 20.0 Å². The van der Waals surface area contributed by atoms with Crippen LogP contribution >= 0.6 is 0 Å². The molecule has 5 rings (SSSR count). The molecule has 0 spiro atoms. The number of ether oxygens (including phenoxy) is 1. The van der Waals surface area contributed by atoms with Crippen molar-refractivity contribution in [1.82, 2.24) is 15.1 Å². The van der Waals surface area contributed by atoms with Crippen molar-refractivity contribution in [3.8, 4) is 5.75 Å². The van der Waals surface area contributed by atoms with Gasteiger partial charge >= 0.3 is 0 Å². The summed E-state index contributed by atoms with van der Waals surface area (Å²) in [5, 5.41) is 27.3. The van der Waals surface area contributed by atoms with Gasteiger partial charge in [0, 0.05) is 29.8 Å². The van der Waals surface area contributed by atoms with Gasteiger partial charge in [0.25, 0.3) is 0 Å². The smallest absolute Gasteiger partial charge is 0.223 e. The summed E-state index contributed by atoms with van der Waals surface area (Å²) in [6, 6.07) is 10.3. The highest BCUT2D eigenvalue weighted by molar-refractivity contribution is 5.44. The second-order valence-electron chi connectivity index (χ2n) is 10.3. The maximum absolute atomic E-state index is 11.7. The number of aromatic nitrogens is 3. The molecule has 0 unspecified atom stereocenters. The van der Waals surface area contributed by atoms with E-state index in [-0.39, 0.29) is 17.2 Å². The Bertz CT molecular complexity index is 1210. The molecule has 0 aliphatic heterocycles. The van der Waals surface area contributed by atoms with Gasteiger partial charge in [-0.2, -0.15) is 4.98 Å². The highest BCUT2D eigenvalue weighted by atomic mass is 16.5. The van der Waals surface area contributed by atoms with Crippen molar-refractivity contribution in [1.29, 1.82) is 0 Å².